The van der Waals surface area contributed by atoms with E-state index in [1.165, 1.54) is 17.4 Å². The number of halogens is 1. The van der Waals surface area contributed by atoms with Crippen LogP contribution in [0.25, 0.3) is 10.2 Å². The first kappa shape index (κ1) is 19.8. The van der Waals surface area contributed by atoms with Gasteiger partial charge in [0.1, 0.15) is 17.1 Å². The van der Waals surface area contributed by atoms with Crippen LogP contribution in [-0.2, 0) is 4.74 Å². The number of nitrogens with zero attached hydrogens (tertiary/aromatic N) is 3. The summed E-state index contributed by atoms with van der Waals surface area (Å²) in [6, 6.07) is 11.8. The van der Waals surface area contributed by atoms with Crippen molar-refractivity contribution in [3.05, 3.63) is 53.8 Å². The standard InChI is InChI=1S/C21H22FN3O3S/c1-27-16-7-5-15(6-8-16)20(26)25(10-9-24-11-13-28-14-12-24)21-23-19-17(22)3-2-4-18(19)29-21/h2-8H,9-14H2,1H3. The summed E-state index contributed by atoms with van der Waals surface area (Å²) in [7, 11) is 1.58. The molecule has 0 radical (unpaired) electrons. The van der Waals surface area contributed by atoms with Crippen molar-refractivity contribution in [1.29, 1.82) is 0 Å². The zero-order valence-corrected chi connectivity index (χ0v) is 17.0. The second-order valence-electron chi connectivity index (χ2n) is 6.72. The van der Waals surface area contributed by atoms with Crippen LogP contribution in [0.2, 0.25) is 0 Å². The number of amides is 1. The molecule has 0 spiro atoms. The monoisotopic (exact) mass is 415 g/mol. The van der Waals surface area contributed by atoms with Crippen LogP contribution in [0.3, 0.4) is 0 Å². The van der Waals surface area contributed by atoms with Gasteiger partial charge < -0.3 is 9.47 Å². The molecule has 2 aromatic carbocycles. The number of aromatic nitrogens is 1. The second kappa shape index (κ2) is 8.86. The summed E-state index contributed by atoms with van der Waals surface area (Å²) in [5, 5.41) is 0.499. The van der Waals surface area contributed by atoms with Crippen LogP contribution in [0, 0.1) is 5.82 Å². The van der Waals surface area contributed by atoms with Gasteiger partial charge in [0, 0.05) is 31.7 Å². The minimum atomic E-state index is -0.380. The highest BCUT2D eigenvalue weighted by Crippen LogP contribution is 2.31. The fourth-order valence-electron chi connectivity index (χ4n) is 3.26. The molecule has 2 heterocycles. The number of benzene rings is 2. The van der Waals surface area contributed by atoms with Crippen LogP contribution in [-0.4, -0.2) is 62.3 Å². The Bertz CT molecular complexity index is 987. The number of rotatable bonds is 6. The molecule has 0 saturated carbocycles. The highest BCUT2D eigenvalue weighted by Gasteiger charge is 2.23. The van der Waals surface area contributed by atoms with Crippen LogP contribution in [0.5, 0.6) is 5.75 Å². The molecule has 3 aromatic rings. The third-order valence-corrected chi connectivity index (χ3v) is 5.96. The average molecular weight is 415 g/mol. The van der Waals surface area contributed by atoms with Gasteiger partial charge in [-0.15, -0.1) is 0 Å². The number of morpholine rings is 1. The van der Waals surface area contributed by atoms with Gasteiger partial charge in [0.05, 0.1) is 25.0 Å². The topological polar surface area (TPSA) is 54.9 Å². The van der Waals surface area contributed by atoms with E-state index in [2.05, 4.69) is 9.88 Å². The van der Waals surface area contributed by atoms with Gasteiger partial charge in [0.15, 0.2) is 5.13 Å². The normalized spacial score (nSPS) is 14.8. The number of methoxy groups -OCH3 is 1. The molecule has 1 fully saturated rings. The van der Waals surface area contributed by atoms with E-state index in [9.17, 15) is 9.18 Å². The van der Waals surface area contributed by atoms with Crippen molar-refractivity contribution in [3.63, 3.8) is 0 Å². The first-order valence-electron chi connectivity index (χ1n) is 9.47. The molecule has 0 N–H and O–H groups in total. The number of fused-ring (bicyclic) bond motifs is 1. The molecule has 1 saturated heterocycles. The van der Waals surface area contributed by atoms with Crippen molar-refractivity contribution in [2.24, 2.45) is 0 Å². The Kier molecular flexibility index (Phi) is 6.03. The maximum absolute atomic E-state index is 14.2. The highest BCUT2D eigenvalue weighted by molar-refractivity contribution is 7.22. The van der Waals surface area contributed by atoms with E-state index in [1.807, 2.05) is 6.07 Å². The third-order valence-electron chi connectivity index (χ3n) is 4.92. The smallest absolute Gasteiger partial charge is 0.260 e. The van der Waals surface area contributed by atoms with Crippen molar-refractivity contribution in [1.82, 2.24) is 9.88 Å². The number of ether oxygens (including phenoxy) is 2. The van der Waals surface area contributed by atoms with Crippen molar-refractivity contribution in [3.8, 4) is 5.75 Å². The van der Waals surface area contributed by atoms with E-state index < -0.39 is 0 Å². The van der Waals surface area contributed by atoms with Gasteiger partial charge in [-0.1, -0.05) is 17.4 Å². The van der Waals surface area contributed by atoms with Crippen LogP contribution in [0.1, 0.15) is 10.4 Å². The number of anilines is 1. The van der Waals surface area contributed by atoms with E-state index in [-0.39, 0.29) is 11.7 Å². The van der Waals surface area contributed by atoms with Gasteiger partial charge in [-0.2, -0.15) is 0 Å². The predicted molar refractivity (Wildman–Crippen MR) is 112 cm³/mol. The van der Waals surface area contributed by atoms with Crippen molar-refractivity contribution >= 4 is 32.6 Å². The Morgan fingerprint density at radius 1 is 1.24 bits per heavy atom. The Hall–Kier alpha value is -2.55. The number of carbonyl (C=O) groups excluding carboxylic acids is 1. The molecule has 29 heavy (non-hydrogen) atoms. The van der Waals surface area contributed by atoms with Crippen LogP contribution in [0.4, 0.5) is 9.52 Å². The van der Waals surface area contributed by atoms with E-state index in [1.54, 1.807) is 42.3 Å². The van der Waals surface area contributed by atoms with Crippen LogP contribution in [0.15, 0.2) is 42.5 Å². The SMILES string of the molecule is COc1ccc(C(=O)N(CCN2CCOCC2)c2nc3c(F)cccc3s2)cc1. The van der Waals surface area contributed by atoms with E-state index in [0.717, 1.165) is 17.8 Å². The van der Waals surface area contributed by atoms with Crippen molar-refractivity contribution in [2.45, 2.75) is 0 Å². The number of carbonyl (C=O) groups is 1. The largest absolute Gasteiger partial charge is 0.497 e. The van der Waals surface area contributed by atoms with Gasteiger partial charge in [-0.25, -0.2) is 9.37 Å². The number of thiazole rings is 1. The first-order chi connectivity index (χ1) is 14.2. The second-order valence-corrected chi connectivity index (χ2v) is 7.73. The summed E-state index contributed by atoms with van der Waals surface area (Å²) >= 11 is 1.32. The molecule has 6 nitrogen and oxygen atoms in total. The number of para-hydroxylation sites is 1. The first-order valence-corrected chi connectivity index (χ1v) is 10.3. The van der Waals surface area contributed by atoms with Crippen molar-refractivity contribution < 1.29 is 18.7 Å². The summed E-state index contributed by atoms with van der Waals surface area (Å²) in [6.07, 6.45) is 0. The highest BCUT2D eigenvalue weighted by atomic mass is 32.1. The van der Waals surface area contributed by atoms with Crippen LogP contribution < -0.4 is 9.64 Å². The van der Waals surface area contributed by atoms with Gasteiger partial charge in [-0.3, -0.25) is 14.6 Å². The van der Waals surface area contributed by atoms with Gasteiger partial charge >= 0.3 is 0 Å². The molecule has 0 unspecified atom stereocenters. The lowest BCUT2D eigenvalue weighted by atomic mass is 10.2. The summed E-state index contributed by atoms with van der Waals surface area (Å²) in [4.78, 5) is 21.6. The lowest BCUT2D eigenvalue weighted by Crippen LogP contribution is -2.43. The minimum absolute atomic E-state index is 0.166. The summed E-state index contributed by atoms with van der Waals surface area (Å²) in [5.41, 5.74) is 0.832. The molecule has 4 rings (SSSR count). The lowest BCUT2D eigenvalue weighted by molar-refractivity contribution is 0.0391. The summed E-state index contributed by atoms with van der Waals surface area (Å²) in [5.74, 6) is 0.138. The Morgan fingerprint density at radius 3 is 2.69 bits per heavy atom. The molecular formula is C21H22FN3O3S. The minimum Gasteiger partial charge on any atom is -0.497 e. The molecule has 1 aromatic heterocycles. The summed E-state index contributed by atoms with van der Waals surface area (Å²) in [6.45, 7) is 4.21. The molecule has 1 aliphatic heterocycles. The van der Waals surface area contributed by atoms with Gasteiger partial charge in [0.2, 0.25) is 0 Å². The quantitative estimate of drug-likeness (QED) is 0.618. The third kappa shape index (κ3) is 4.39. The lowest BCUT2D eigenvalue weighted by Gasteiger charge is -2.29. The Morgan fingerprint density at radius 2 is 2.00 bits per heavy atom. The Balaban J connectivity index is 1.63. The van der Waals surface area contributed by atoms with E-state index in [0.29, 0.717) is 48.3 Å². The fraction of sp³-hybridized carbons (Fsp3) is 0.333. The predicted octanol–water partition coefficient (Wildman–Crippen LogP) is 3.42. The fourth-order valence-corrected chi connectivity index (χ4v) is 4.26. The maximum Gasteiger partial charge on any atom is 0.260 e. The number of hydrogen-bond acceptors (Lipinski definition) is 6. The molecule has 152 valence electrons. The molecular weight excluding hydrogens is 393 g/mol. The van der Waals surface area contributed by atoms with Gasteiger partial charge in [0.25, 0.3) is 5.91 Å². The van der Waals surface area contributed by atoms with Crippen molar-refractivity contribution in [2.75, 3.05) is 51.4 Å². The van der Waals surface area contributed by atoms with Gasteiger partial charge in [-0.05, 0) is 36.4 Å². The molecule has 0 atom stereocenters. The summed E-state index contributed by atoms with van der Waals surface area (Å²) < 4.78 is 25.4. The Labute approximate surface area is 172 Å². The zero-order valence-electron chi connectivity index (χ0n) is 16.1. The molecule has 0 aliphatic carbocycles. The van der Waals surface area contributed by atoms with E-state index in [4.69, 9.17) is 9.47 Å². The molecule has 0 bridgehead atoms. The maximum atomic E-state index is 14.2. The van der Waals surface area contributed by atoms with E-state index >= 15 is 0 Å². The zero-order chi connectivity index (χ0) is 20.2. The molecule has 1 amide bonds. The number of hydrogen-bond donors (Lipinski definition) is 0. The molecule has 8 heteroatoms. The molecule has 1 aliphatic rings. The average Bonchev–Trinajstić information content (AvgIpc) is 3.20. The van der Waals surface area contributed by atoms with Crippen LogP contribution >= 0.6 is 11.3 Å².